The van der Waals surface area contributed by atoms with Crippen LogP contribution in [0, 0.1) is 5.92 Å². The molecule has 150 valence electrons. The van der Waals surface area contributed by atoms with E-state index in [1.54, 1.807) is 12.1 Å². The Labute approximate surface area is 174 Å². The minimum atomic E-state index is -3.56. The Balaban J connectivity index is 1.89. The van der Waals surface area contributed by atoms with Crippen molar-refractivity contribution in [2.24, 2.45) is 5.92 Å². The normalized spacial score (nSPS) is 23.6. The molecule has 3 aromatic carbocycles. The van der Waals surface area contributed by atoms with Gasteiger partial charge in [0.15, 0.2) is 9.84 Å². The summed E-state index contributed by atoms with van der Waals surface area (Å²) in [6.07, 6.45) is 4.25. The van der Waals surface area contributed by atoms with Crippen LogP contribution in [0.2, 0.25) is 0 Å². The zero-order chi connectivity index (χ0) is 20.3. The largest absolute Gasteiger partial charge is 0.223 e. The second-order valence-electron chi connectivity index (χ2n) is 7.97. The fraction of sp³-hybridized carbons (Fsp3) is 0.308. The third-order valence-corrected chi connectivity index (χ3v) is 8.88. The van der Waals surface area contributed by atoms with Gasteiger partial charge >= 0.3 is 0 Å². The average molecular weight is 405 g/mol. The molecule has 4 rings (SSSR count). The van der Waals surface area contributed by atoms with E-state index < -0.39 is 14.6 Å². The Kier molecular flexibility index (Phi) is 5.60. The van der Waals surface area contributed by atoms with Gasteiger partial charge in [-0.25, -0.2) is 8.42 Å². The molecule has 3 heteroatoms. The first-order chi connectivity index (χ1) is 14.1. The van der Waals surface area contributed by atoms with Crippen molar-refractivity contribution in [3.8, 4) is 0 Å². The zero-order valence-corrected chi connectivity index (χ0v) is 17.7. The predicted molar refractivity (Wildman–Crippen MR) is 119 cm³/mol. The standard InChI is InChI=1S/C26H28O2S/c1-2-3-7-20-24-25(21-14-8-4-9-15-21)26(24,22-16-10-5-11-17-22)29(27,28)23-18-12-6-13-19-23/h4-6,8-19,24-25H,2-3,7,20H2,1H3/t24-,25-,26-/m0/s1. The van der Waals surface area contributed by atoms with Gasteiger partial charge in [-0.3, -0.25) is 0 Å². The van der Waals surface area contributed by atoms with E-state index in [0.717, 1.165) is 36.8 Å². The predicted octanol–water partition coefficient (Wildman–Crippen LogP) is 6.35. The van der Waals surface area contributed by atoms with Gasteiger partial charge in [0.05, 0.1) is 4.90 Å². The van der Waals surface area contributed by atoms with Gasteiger partial charge in [-0.15, -0.1) is 0 Å². The summed E-state index contributed by atoms with van der Waals surface area (Å²) in [5, 5.41) is 0. The number of unbranched alkanes of at least 4 members (excludes halogenated alkanes) is 2. The maximum atomic E-state index is 14.1. The number of sulfone groups is 1. The average Bonchev–Trinajstić information content (AvgIpc) is 3.46. The monoisotopic (exact) mass is 404 g/mol. The van der Waals surface area contributed by atoms with E-state index in [1.807, 2.05) is 66.7 Å². The van der Waals surface area contributed by atoms with Crippen LogP contribution in [0.4, 0.5) is 0 Å². The van der Waals surface area contributed by atoms with Gasteiger partial charge in [0, 0.05) is 5.92 Å². The highest BCUT2D eigenvalue weighted by molar-refractivity contribution is 7.92. The van der Waals surface area contributed by atoms with Crippen LogP contribution in [0.5, 0.6) is 0 Å². The second kappa shape index (κ2) is 8.16. The molecule has 0 spiro atoms. The minimum absolute atomic E-state index is 0.0202. The Hall–Kier alpha value is -2.39. The SMILES string of the molecule is CCCCC[C@H]1[C@H](c2ccccc2)[C@@]1(c1ccccc1)S(=O)(=O)c1ccccc1. The molecule has 0 amide bonds. The third kappa shape index (κ3) is 3.32. The highest BCUT2D eigenvalue weighted by atomic mass is 32.2. The molecule has 0 unspecified atom stereocenters. The van der Waals surface area contributed by atoms with Gasteiger partial charge in [0.25, 0.3) is 0 Å². The number of rotatable bonds is 8. The van der Waals surface area contributed by atoms with E-state index in [9.17, 15) is 8.42 Å². The topological polar surface area (TPSA) is 34.1 Å². The van der Waals surface area contributed by atoms with E-state index in [-0.39, 0.29) is 11.8 Å². The second-order valence-corrected chi connectivity index (χ2v) is 10.1. The fourth-order valence-corrected chi connectivity index (χ4v) is 7.55. The Bertz CT molecular complexity index is 1030. The van der Waals surface area contributed by atoms with Crippen molar-refractivity contribution in [3.05, 3.63) is 102 Å². The van der Waals surface area contributed by atoms with Crippen LogP contribution in [0.25, 0.3) is 0 Å². The summed E-state index contributed by atoms with van der Waals surface area (Å²) in [5.41, 5.74) is 2.04. The van der Waals surface area contributed by atoms with Crippen LogP contribution < -0.4 is 0 Å². The molecule has 0 radical (unpaired) electrons. The van der Waals surface area contributed by atoms with E-state index in [1.165, 1.54) is 0 Å². The zero-order valence-electron chi connectivity index (χ0n) is 16.9. The summed E-state index contributed by atoms with van der Waals surface area (Å²) in [6.45, 7) is 2.19. The Morgan fingerprint density at radius 1 is 0.759 bits per heavy atom. The third-order valence-electron chi connectivity index (χ3n) is 6.31. The van der Waals surface area contributed by atoms with Crippen molar-refractivity contribution in [1.29, 1.82) is 0 Å². The van der Waals surface area contributed by atoms with Crippen LogP contribution in [-0.4, -0.2) is 8.42 Å². The summed E-state index contributed by atoms with van der Waals surface area (Å²) in [6, 6.07) is 29.0. The van der Waals surface area contributed by atoms with Gasteiger partial charge in [0.1, 0.15) is 4.75 Å². The van der Waals surface area contributed by atoms with Gasteiger partial charge in [-0.2, -0.15) is 0 Å². The number of hydrogen-bond acceptors (Lipinski definition) is 2. The van der Waals surface area contributed by atoms with E-state index >= 15 is 0 Å². The van der Waals surface area contributed by atoms with Crippen molar-refractivity contribution in [3.63, 3.8) is 0 Å². The highest BCUT2D eigenvalue weighted by Crippen LogP contribution is 2.71. The van der Waals surface area contributed by atoms with E-state index in [0.29, 0.717) is 4.90 Å². The molecule has 29 heavy (non-hydrogen) atoms. The molecule has 1 saturated carbocycles. The Morgan fingerprint density at radius 3 is 1.90 bits per heavy atom. The first-order valence-electron chi connectivity index (χ1n) is 10.5. The van der Waals surface area contributed by atoms with Crippen molar-refractivity contribution in [1.82, 2.24) is 0 Å². The molecule has 0 heterocycles. The van der Waals surface area contributed by atoms with Gasteiger partial charge in [0.2, 0.25) is 0 Å². The lowest BCUT2D eigenvalue weighted by Gasteiger charge is -2.21. The first kappa shape index (κ1) is 19.9. The van der Waals surface area contributed by atoms with Crippen LogP contribution >= 0.6 is 0 Å². The quantitative estimate of drug-likeness (QED) is 0.410. The molecule has 3 aromatic rings. The van der Waals surface area contributed by atoms with Crippen LogP contribution in [0.15, 0.2) is 95.9 Å². The molecule has 1 aliphatic carbocycles. The highest BCUT2D eigenvalue weighted by Gasteiger charge is 2.72. The van der Waals surface area contributed by atoms with Gasteiger partial charge in [-0.05, 0) is 35.6 Å². The van der Waals surface area contributed by atoms with Crippen LogP contribution in [0.1, 0.15) is 49.7 Å². The summed E-state index contributed by atoms with van der Waals surface area (Å²) in [7, 11) is -3.56. The first-order valence-corrected chi connectivity index (χ1v) is 12.0. The van der Waals surface area contributed by atoms with Crippen molar-refractivity contribution in [2.75, 3.05) is 0 Å². The maximum Gasteiger partial charge on any atom is 0.189 e. The molecule has 1 fully saturated rings. The van der Waals surface area contributed by atoms with Gasteiger partial charge in [-0.1, -0.05) is 105 Å². The molecular weight excluding hydrogens is 376 g/mol. The molecular formula is C26H28O2S. The molecule has 3 atom stereocenters. The smallest absolute Gasteiger partial charge is 0.189 e. The molecule has 0 bridgehead atoms. The summed E-state index contributed by atoms with van der Waals surface area (Å²) in [4.78, 5) is 0.419. The lowest BCUT2D eigenvalue weighted by atomic mass is 10.0. The molecule has 0 aromatic heterocycles. The lowest BCUT2D eigenvalue weighted by Crippen LogP contribution is -2.25. The molecule has 2 nitrogen and oxygen atoms in total. The number of benzene rings is 3. The van der Waals surface area contributed by atoms with E-state index in [4.69, 9.17) is 0 Å². The van der Waals surface area contributed by atoms with Gasteiger partial charge < -0.3 is 0 Å². The van der Waals surface area contributed by atoms with E-state index in [2.05, 4.69) is 19.1 Å². The Morgan fingerprint density at radius 2 is 1.31 bits per heavy atom. The molecule has 0 saturated heterocycles. The molecule has 1 aliphatic rings. The fourth-order valence-electron chi connectivity index (χ4n) is 4.98. The van der Waals surface area contributed by atoms with Crippen LogP contribution in [-0.2, 0) is 14.6 Å². The molecule has 0 aliphatic heterocycles. The van der Waals surface area contributed by atoms with Crippen molar-refractivity contribution >= 4 is 9.84 Å². The summed E-state index contributed by atoms with van der Waals surface area (Å²) < 4.78 is 27.4. The summed E-state index contributed by atoms with van der Waals surface area (Å²) >= 11 is 0. The number of hydrogen-bond donors (Lipinski definition) is 0. The lowest BCUT2D eigenvalue weighted by molar-refractivity contribution is 0.553. The minimum Gasteiger partial charge on any atom is -0.223 e. The molecule has 0 N–H and O–H groups in total. The van der Waals surface area contributed by atoms with Crippen molar-refractivity contribution in [2.45, 2.75) is 48.2 Å². The van der Waals surface area contributed by atoms with Crippen molar-refractivity contribution < 1.29 is 8.42 Å². The maximum absolute atomic E-state index is 14.1. The summed E-state index contributed by atoms with van der Waals surface area (Å²) in [5.74, 6) is 0.0669. The van der Waals surface area contributed by atoms with Crippen LogP contribution in [0.3, 0.4) is 0 Å².